The van der Waals surface area contributed by atoms with Crippen LogP contribution in [0.25, 0.3) is 0 Å². The van der Waals surface area contributed by atoms with Gasteiger partial charge in [-0.05, 0) is 19.3 Å². The maximum Gasteiger partial charge on any atom is 0.0719 e. The predicted molar refractivity (Wildman–Crippen MR) is 63.2 cm³/mol. The molecule has 1 atom stereocenters. The second-order valence-electron chi connectivity index (χ2n) is 4.89. The third-order valence-corrected chi connectivity index (χ3v) is 7.49. The molecule has 1 heterocycles. The summed E-state index contributed by atoms with van der Waals surface area (Å²) in [6, 6.07) is 3.02. The van der Waals surface area contributed by atoms with Crippen molar-refractivity contribution in [2.75, 3.05) is 0 Å². The van der Waals surface area contributed by atoms with E-state index in [0.29, 0.717) is 0 Å². The number of hydrogen-bond acceptors (Lipinski definition) is 1. The highest BCUT2D eigenvalue weighted by Crippen LogP contribution is 2.29. The second kappa shape index (κ2) is 5.13. The second-order valence-corrected chi connectivity index (χ2v) is 8.18. The van der Waals surface area contributed by atoms with E-state index in [1.54, 1.807) is 5.20 Å². The van der Waals surface area contributed by atoms with Gasteiger partial charge < -0.3 is 5.11 Å². The van der Waals surface area contributed by atoms with Crippen molar-refractivity contribution in [1.29, 1.82) is 0 Å². The van der Waals surface area contributed by atoms with E-state index >= 15 is 0 Å². The van der Waals surface area contributed by atoms with Gasteiger partial charge in [0, 0.05) is 0 Å². The third-order valence-electron chi connectivity index (χ3n) is 3.75. The maximum absolute atomic E-state index is 9.79. The Hall–Kier alpha value is -0.0831. The minimum atomic E-state index is -0.549. The first-order valence-electron chi connectivity index (χ1n) is 6.25. The number of hydrogen-bond donors (Lipinski definition) is 1. The summed E-state index contributed by atoms with van der Waals surface area (Å²) >= 11 is 0. The molecule has 1 saturated heterocycles. The highest BCUT2D eigenvalue weighted by molar-refractivity contribution is 6.67. The standard InChI is InChI=1S/C12H22OSi/c13-11-6-2-1-3-7-12(10-11)14-8-4-5-9-14/h10-11,13-14H,1-9H2. The molecule has 1 N–H and O–H groups in total. The summed E-state index contributed by atoms with van der Waals surface area (Å²) in [4.78, 5) is 0. The van der Waals surface area contributed by atoms with Gasteiger partial charge in [0.25, 0.3) is 0 Å². The molecule has 1 aliphatic heterocycles. The van der Waals surface area contributed by atoms with Crippen LogP contribution in [0.1, 0.15) is 44.9 Å². The van der Waals surface area contributed by atoms with Crippen molar-refractivity contribution in [1.82, 2.24) is 0 Å². The minimum Gasteiger partial charge on any atom is -0.389 e. The van der Waals surface area contributed by atoms with E-state index in [4.69, 9.17) is 0 Å². The summed E-state index contributed by atoms with van der Waals surface area (Å²) < 4.78 is 0. The van der Waals surface area contributed by atoms with Gasteiger partial charge in [-0.25, -0.2) is 0 Å². The Balaban J connectivity index is 2.01. The van der Waals surface area contributed by atoms with Gasteiger partial charge in [-0.2, -0.15) is 0 Å². The molecule has 0 aromatic carbocycles. The van der Waals surface area contributed by atoms with E-state index in [9.17, 15) is 5.11 Å². The molecular weight excluding hydrogens is 188 g/mol. The van der Waals surface area contributed by atoms with Gasteiger partial charge in [-0.3, -0.25) is 0 Å². The average molecular weight is 210 g/mol. The van der Waals surface area contributed by atoms with Crippen LogP contribution >= 0.6 is 0 Å². The SMILES string of the molecule is OC1C=C([SiH]2CCCC2)CCCCC1. The zero-order valence-corrected chi connectivity index (χ0v) is 10.2. The van der Waals surface area contributed by atoms with Gasteiger partial charge >= 0.3 is 0 Å². The minimum absolute atomic E-state index is 0.113. The largest absolute Gasteiger partial charge is 0.389 e. The van der Waals surface area contributed by atoms with E-state index in [2.05, 4.69) is 6.08 Å². The van der Waals surface area contributed by atoms with Crippen LogP contribution in [-0.4, -0.2) is 20.0 Å². The van der Waals surface area contributed by atoms with Crippen LogP contribution in [0.4, 0.5) is 0 Å². The molecule has 1 fully saturated rings. The fourth-order valence-electron chi connectivity index (χ4n) is 2.91. The van der Waals surface area contributed by atoms with Crippen molar-refractivity contribution in [3.8, 4) is 0 Å². The van der Waals surface area contributed by atoms with Crippen LogP contribution in [-0.2, 0) is 0 Å². The average Bonchev–Trinajstić information content (AvgIpc) is 2.63. The number of allylic oxidation sites excluding steroid dienone is 1. The fraction of sp³-hybridized carbons (Fsp3) is 0.833. The van der Waals surface area contributed by atoms with E-state index in [1.165, 1.54) is 50.6 Å². The van der Waals surface area contributed by atoms with Gasteiger partial charge in [0.05, 0.1) is 14.9 Å². The zero-order chi connectivity index (χ0) is 9.80. The quantitative estimate of drug-likeness (QED) is 0.660. The lowest BCUT2D eigenvalue weighted by Gasteiger charge is -2.18. The third kappa shape index (κ3) is 2.70. The molecule has 0 spiro atoms. The van der Waals surface area contributed by atoms with Gasteiger partial charge in [0.15, 0.2) is 0 Å². The van der Waals surface area contributed by atoms with Crippen molar-refractivity contribution in [2.24, 2.45) is 0 Å². The zero-order valence-electron chi connectivity index (χ0n) is 9.04. The van der Waals surface area contributed by atoms with E-state index in [1.807, 2.05) is 0 Å². The van der Waals surface area contributed by atoms with Crippen LogP contribution in [0.3, 0.4) is 0 Å². The topological polar surface area (TPSA) is 20.2 Å². The maximum atomic E-state index is 9.79. The first-order valence-corrected chi connectivity index (χ1v) is 8.46. The van der Waals surface area contributed by atoms with Crippen molar-refractivity contribution >= 4 is 8.80 Å². The van der Waals surface area contributed by atoms with Crippen molar-refractivity contribution in [2.45, 2.75) is 63.1 Å². The Morgan fingerprint density at radius 2 is 1.86 bits per heavy atom. The number of aliphatic hydroxyl groups is 1. The summed E-state index contributed by atoms with van der Waals surface area (Å²) in [5.74, 6) is 0. The van der Waals surface area contributed by atoms with Gasteiger partial charge in [-0.1, -0.05) is 49.0 Å². The molecule has 1 aliphatic carbocycles. The van der Waals surface area contributed by atoms with Crippen molar-refractivity contribution in [3.63, 3.8) is 0 Å². The fourth-order valence-corrected chi connectivity index (χ4v) is 6.61. The molecule has 2 aliphatic rings. The normalized spacial score (nSPS) is 30.9. The summed E-state index contributed by atoms with van der Waals surface area (Å²) in [5.41, 5.74) is 0. The molecule has 0 bridgehead atoms. The van der Waals surface area contributed by atoms with Crippen LogP contribution in [0.5, 0.6) is 0 Å². The molecule has 0 saturated carbocycles. The lowest BCUT2D eigenvalue weighted by Crippen LogP contribution is -2.16. The Labute approximate surface area is 88.8 Å². The monoisotopic (exact) mass is 210 g/mol. The van der Waals surface area contributed by atoms with Gasteiger partial charge in [0.1, 0.15) is 0 Å². The molecule has 1 unspecified atom stereocenters. The molecule has 80 valence electrons. The van der Waals surface area contributed by atoms with E-state index in [0.717, 1.165) is 6.42 Å². The molecule has 14 heavy (non-hydrogen) atoms. The highest BCUT2D eigenvalue weighted by atomic mass is 28.3. The molecule has 0 aromatic rings. The van der Waals surface area contributed by atoms with Gasteiger partial charge in [0.2, 0.25) is 0 Å². The molecule has 1 nitrogen and oxygen atoms in total. The van der Waals surface area contributed by atoms with Gasteiger partial charge in [-0.15, -0.1) is 0 Å². The molecule has 0 radical (unpaired) electrons. The predicted octanol–water partition coefficient (Wildman–Crippen LogP) is 2.80. The number of aliphatic hydroxyl groups excluding tert-OH is 1. The van der Waals surface area contributed by atoms with E-state index in [-0.39, 0.29) is 6.10 Å². The van der Waals surface area contributed by atoms with E-state index < -0.39 is 8.80 Å². The molecular formula is C12H22OSi. The summed E-state index contributed by atoms with van der Waals surface area (Å²) in [6.07, 6.45) is 11.3. The number of rotatable bonds is 1. The lowest BCUT2D eigenvalue weighted by molar-refractivity contribution is 0.205. The van der Waals surface area contributed by atoms with Crippen molar-refractivity contribution < 1.29 is 5.11 Å². The Morgan fingerprint density at radius 1 is 1.07 bits per heavy atom. The highest BCUT2D eigenvalue weighted by Gasteiger charge is 2.22. The first-order chi connectivity index (χ1) is 6.86. The summed E-state index contributed by atoms with van der Waals surface area (Å²) in [6.45, 7) is 0. The van der Waals surface area contributed by atoms with Crippen LogP contribution in [0, 0.1) is 0 Å². The molecule has 2 heteroatoms. The molecule has 0 aromatic heterocycles. The van der Waals surface area contributed by atoms with Crippen molar-refractivity contribution in [3.05, 3.63) is 11.3 Å². The summed E-state index contributed by atoms with van der Waals surface area (Å²) in [5, 5.41) is 11.5. The van der Waals surface area contributed by atoms with Crippen LogP contribution < -0.4 is 0 Å². The Bertz CT molecular complexity index is 206. The molecule has 2 rings (SSSR count). The van der Waals surface area contributed by atoms with Crippen LogP contribution in [0.2, 0.25) is 12.1 Å². The summed E-state index contributed by atoms with van der Waals surface area (Å²) in [7, 11) is -0.549. The lowest BCUT2D eigenvalue weighted by atomic mass is 10.0. The Kier molecular flexibility index (Phi) is 3.82. The first kappa shape index (κ1) is 10.4. The molecule has 0 amide bonds. The Morgan fingerprint density at radius 3 is 2.64 bits per heavy atom. The smallest absolute Gasteiger partial charge is 0.0719 e. The van der Waals surface area contributed by atoms with Crippen LogP contribution in [0.15, 0.2) is 11.3 Å².